The van der Waals surface area contributed by atoms with Crippen LogP contribution in [0, 0.1) is 17.0 Å². The van der Waals surface area contributed by atoms with Gasteiger partial charge in [0.1, 0.15) is 12.4 Å². The minimum absolute atomic E-state index is 0.0937. The zero-order valence-corrected chi connectivity index (χ0v) is 19.9. The molecule has 0 aliphatic rings. The average molecular weight is 484 g/mol. The Bertz CT molecular complexity index is 1190. The monoisotopic (exact) mass is 483 g/mol. The van der Waals surface area contributed by atoms with Crippen molar-refractivity contribution in [3.8, 4) is 17.2 Å². The molecular formula is C24H25N3O6S. The number of hydrogen-bond donors (Lipinski definition) is 1. The number of carbonyl (C=O) groups is 1. The van der Waals surface area contributed by atoms with Gasteiger partial charge in [-0.2, -0.15) is 0 Å². The summed E-state index contributed by atoms with van der Waals surface area (Å²) in [5, 5.41) is 17.1. The first-order valence-electron chi connectivity index (χ1n) is 10.4. The first-order valence-corrected chi connectivity index (χ1v) is 11.3. The van der Waals surface area contributed by atoms with Gasteiger partial charge in [-0.3, -0.25) is 14.9 Å². The lowest BCUT2D eigenvalue weighted by Gasteiger charge is -2.11. The lowest BCUT2D eigenvalue weighted by Crippen LogP contribution is -2.23. The number of nitro benzene ring substituents is 1. The van der Waals surface area contributed by atoms with Crippen molar-refractivity contribution in [1.82, 2.24) is 10.3 Å². The molecule has 1 aromatic heterocycles. The maximum Gasteiger partial charge on any atom is 0.276 e. The van der Waals surface area contributed by atoms with Gasteiger partial charge in [-0.25, -0.2) is 4.98 Å². The molecule has 0 spiro atoms. The van der Waals surface area contributed by atoms with Gasteiger partial charge in [-0.15, -0.1) is 11.3 Å². The van der Waals surface area contributed by atoms with Crippen LogP contribution < -0.4 is 19.5 Å². The van der Waals surface area contributed by atoms with Crippen LogP contribution in [0.15, 0.2) is 47.9 Å². The van der Waals surface area contributed by atoms with Gasteiger partial charge in [0.2, 0.25) is 5.91 Å². The molecule has 1 amide bonds. The molecule has 0 fully saturated rings. The smallest absolute Gasteiger partial charge is 0.276 e. The highest BCUT2D eigenvalue weighted by atomic mass is 32.1. The molecule has 178 valence electrons. The van der Waals surface area contributed by atoms with Crippen LogP contribution in [-0.4, -0.2) is 36.6 Å². The quantitative estimate of drug-likeness (QED) is 0.245. The number of hydrogen-bond acceptors (Lipinski definition) is 8. The molecule has 10 heteroatoms. The number of amides is 1. The van der Waals surface area contributed by atoms with E-state index in [-0.39, 0.29) is 30.3 Å². The Morgan fingerprint density at radius 3 is 2.59 bits per heavy atom. The third-order valence-corrected chi connectivity index (χ3v) is 5.67. The summed E-state index contributed by atoms with van der Waals surface area (Å²) >= 11 is 1.56. The molecule has 9 nitrogen and oxygen atoms in total. The Kier molecular flexibility index (Phi) is 8.58. The van der Waals surface area contributed by atoms with Crippen LogP contribution in [-0.2, 0) is 17.8 Å². The van der Waals surface area contributed by atoms with Gasteiger partial charge in [-0.05, 0) is 31.6 Å². The lowest BCUT2D eigenvalue weighted by atomic mass is 10.1. The summed E-state index contributed by atoms with van der Waals surface area (Å²) in [6, 6.07) is 10.3. The molecule has 1 heterocycles. The van der Waals surface area contributed by atoms with Crippen LogP contribution in [0.2, 0.25) is 0 Å². The fourth-order valence-corrected chi connectivity index (χ4v) is 3.80. The Morgan fingerprint density at radius 1 is 1.18 bits per heavy atom. The molecule has 0 saturated carbocycles. The number of ether oxygens (including phenoxy) is 3. The Morgan fingerprint density at radius 2 is 1.91 bits per heavy atom. The van der Waals surface area contributed by atoms with E-state index in [9.17, 15) is 14.9 Å². The van der Waals surface area contributed by atoms with E-state index in [1.54, 1.807) is 23.5 Å². The predicted octanol–water partition coefficient (Wildman–Crippen LogP) is 4.33. The molecule has 3 rings (SSSR count). The summed E-state index contributed by atoms with van der Waals surface area (Å²) in [7, 11) is 2.87. The maximum absolute atomic E-state index is 12.3. The highest BCUT2D eigenvalue weighted by molar-refractivity contribution is 7.09. The van der Waals surface area contributed by atoms with Crippen molar-refractivity contribution in [3.63, 3.8) is 0 Å². The number of methoxy groups -OCH3 is 2. The Hall–Kier alpha value is -3.92. The van der Waals surface area contributed by atoms with Gasteiger partial charge in [-0.1, -0.05) is 18.2 Å². The van der Waals surface area contributed by atoms with E-state index in [0.717, 1.165) is 16.3 Å². The van der Waals surface area contributed by atoms with Crippen molar-refractivity contribution in [1.29, 1.82) is 0 Å². The van der Waals surface area contributed by atoms with E-state index in [2.05, 4.69) is 10.3 Å². The molecule has 0 saturated heterocycles. The van der Waals surface area contributed by atoms with E-state index in [1.165, 1.54) is 26.4 Å². The van der Waals surface area contributed by atoms with Gasteiger partial charge in [0.25, 0.3) is 5.69 Å². The molecule has 2 aromatic carbocycles. The first-order chi connectivity index (χ1) is 16.4. The first kappa shape index (κ1) is 24.7. The Balaban J connectivity index is 1.60. The van der Waals surface area contributed by atoms with Gasteiger partial charge in [0, 0.05) is 29.1 Å². The van der Waals surface area contributed by atoms with Crippen LogP contribution >= 0.6 is 11.3 Å². The van der Waals surface area contributed by atoms with Crippen molar-refractivity contribution in [2.45, 2.75) is 20.0 Å². The number of carbonyl (C=O) groups excluding carboxylic acids is 1. The van der Waals surface area contributed by atoms with Gasteiger partial charge in [0.05, 0.1) is 35.9 Å². The van der Waals surface area contributed by atoms with Crippen LogP contribution in [0.25, 0.3) is 6.08 Å². The zero-order valence-electron chi connectivity index (χ0n) is 19.1. The number of nitrogens with zero attached hydrogens (tertiary/aromatic N) is 2. The summed E-state index contributed by atoms with van der Waals surface area (Å²) in [6.45, 7) is 2.49. The molecule has 0 aliphatic carbocycles. The van der Waals surface area contributed by atoms with Gasteiger partial charge in [0.15, 0.2) is 11.5 Å². The van der Waals surface area contributed by atoms with Gasteiger partial charge < -0.3 is 19.5 Å². The van der Waals surface area contributed by atoms with Gasteiger partial charge >= 0.3 is 0 Å². The number of aromatic nitrogens is 1. The molecule has 3 aromatic rings. The zero-order chi connectivity index (χ0) is 24.5. The highest BCUT2D eigenvalue weighted by Gasteiger charge is 2.19. The average Bonchev–Trinajstić information content (AvgIpc) is 3.26. The van der Waals surface area contributed by atoms with Crippen molar-refractivity contribution in [2.75, 3.05) is 20.8 Å². The number of para-hydroxylation sites is 1. The third-order valence-electron chi connectivity index (χ3n) is 4.85. The molecular weight excluding hydrogens is 458 g/mol. The summed E-state index contributed by atoms with van der Waals surface area (Å²) in [6.07, 6.45) is 3.32. The van der Waals surface area contributed by atoms with Crippen LogP contribution in [0.4, 0.5) is 5.69 Å². The van der Waals surface area contributed by atoms with E-state index < -0.39 is 4.92 Å². The molecule has 1 N–H and O–H groups in total. The molecule has 0 unspecified atom stereocenters. The fraction of sp³-hybridized carbons (Fsp3) is 0.250. The summed E-state index contributed by atoms with van der Waals surface area (Å²) in [5.74, 6) is 0.973. The minimum atomic E-state index is -0.483. The largest absolute Gasteiger partial charge is 0.493 e. The number of nitro groups is 1. The normalized spacial score (nSPS) is 10.8. The van der Waals surface area contributed by atoms with Crippen molar-refractivity contribution >= 4 is 29.0 Å². The molecule has 0 atom stereocenters. The van der Waals surface area contributed by atoms with Crippen LogP contribution in [0.1, 0.15) is 21.8 Å². The van der Waals surface area contributed by atoms with Crippen molar-refractivity contribution < 1.29 is 23.9 Å². The van der Waals surface area contributed by atoms with Crippen molar-refractivity contribution in [3.05, 3.63) is 79.8 Å². The van der Waals surface area contributed by atoms with E-state index >= 15 is 0 Å². The molecule has 34 heavy (non-hydrogen) atoms. The van der Waals surface area contributed by atoms with Crippen LogP contribution in [0.3, 0.4) is 0 Å². The third kappa shape index (κ3) is 6.55. The topological polar surface area (TPSA) is 113 Å². The lowest BCUT2D eigenvalue weighted by molar-refractivity contribution is -0.385. The maximum atomic E-state index is 12.3. The summed E-state index contributed by atoms with van der Waals surface area (Å²) < 4.78 is 16.2. The fourth-order valence-electron chi connectivity index (χ4n) is 3.20. The SMILES string of the molecule is COc1cc(CCNC(=O)/C=C/c2ccccc2OCc2csc(C)n2)c([N+](=O)[O-])cc1OC. The molecule has 0 bridgehead atoms. The molecule has 0 radical (unpaired) electrons. The second-order valence-electron chi connectivity index (χ2n) is 7.15. The predicted molar refractivity (Wildman–Crippen MR) is 130 cm³/mol. The number of thiazole rings is 1. The number of nitrogens with one attached hydrogen (secondary N) is 1. The number of benzene rings is 2. The van der Waals surface area contributed by atoms with Crippen LogP contribution in [0.5, 0.6) is 17.2 Å². The summed E-state index contributed by atoms with van der Waals surface area (Å²) in [5.41, 5.74) is 1.94. The van der Waals surface area contributed by atoms with E-state index in [1.807, 2.05) is 36.6 Å². The Labute approximate surface area is 201 Å². The van der Waals surface area contributed by atoms with Crippen molar-refractivity contribution in [2.24, 2.45) is 0 Å². The molecule has 0 aliphatic heterocycles. The van der Waals surface area contributed by atoms with E-state index in [4.69, 9.17) is 14.2 Å². The van der Waals surface area contributed by atoms with E-state index in [0.29, 0.717) is 23.7 Å². The number of rotatable bonds is 11. The standard InChI is InChI=1S/C24H25N3O6S/c1-16-26-19(15-34-16)14-33-21-7-5-4-6-17(21)8-9-24(28)25-11-10-18-12-22(31-2)23(32-3)13-20(18)27(29)30/h4-9,12-13,15H,10-11,14H2,1-3H3,(H,25,28)/b9-8+. The highest BCUT2D eigenvalue weighted by Crippen LogP contribution is 2.34. The second kappa shape index (κ2) is 11.8. The number of aryl methyl sites for hydroxylation is 1. The summed E-state index contributed by atoms with van der Waals surface area (Å²) in [4.78, 5) is 27.6. The minimum Gasteiger partial charge on any atom is -0.493 e. The second-order valence-corrected chi connectivity index (χ2v) is 8.21.